The maximum Gasteiger partial charge on any atom is 0.187 e. The zero-order chi connectivity index (χ0) is 13.7. The number of nitrogens with zero attached hydrogens (tertiary/aromatic N) is 2. The lowest BCUT2D eigenvalue weighted by Crippen LogP contribution is -2.24. The largest absolute Gasteiger partial charge is 0.380 e. The Labute approximate surface area is 110 Å². The molecule has 3 nitrogen and oxygen atoms in total. The molecular weight excluding hydrogens is 224 g/mol. The summed E-state index contributed by atoms with van der Waals surface area (Å²) < 4.78 is 0. The molecule has 0 saturated carbocycles. The summed E-state index contributed by atoms with van der Waals surface area (Å²) in [4.78, 5) is 16.2. The van der Waals surface area contributed by atoms with Crippen LogP contribution in [0.15, 0.2) is 36.0 Å². The third-order valence-corrected chi connectivity index (χ3v) is 2.69. The number of hydrogen-bond donors (Lipinski definition) is 0. The smallest absolute Gasteiger partial charge is 0.187 e. The third-order valence-electron chi connectivity index (χ3n) is 2.69. The van der Waals surface area contributed by atoms with Crippen LogP contribution in [0.2, 0.25) is 0 Å². The average molecular weight is 246 g/mol. The Balaban J connectivity index is 2.90. The predicted octanol–water partition coefficient (Wildman–Crippen LogP) is 2.18. The van der Waals surface area contributed by atoms with E-state index in [2.05, 4.69) is 0 Å². The second-order valence-electron chi connectivity index (χ2n) is 5.00. The van der Waals surface area contributed by atoms with Crippen molar-refractivity contribution < 1.29 is 4.79 Å². The summed E-state index contributed by atoms with van der Waals surface area (Å²) in [7, 11) is 7.90. The predicted molar refractivity (Wildman–Crippen MR) is 75.8 cm³/mol. The van der Waals surface area contributed by atoms with Crippen LogP contribution in [-0.2, 0) is 0 Å². The van der Waals surface area contributed by atoms with Crippen LogP contribution < -0.4 is 0 Å². The summed E-state index contributed by atoms with van der Waals surface area (Å²) in [5.41, 5.74) is 2.90. The van der Waals surface area contributed by atoms with Gasteiger partial charge in [0.2, 0.25) is 0 Å². The highest BCUT2D eigenvalue weighted by Crippen LogP contribution is 2.08. The van der Waals surface area contributed by atoms with E-state index in [0.717, 1.165) is 23.4 Å². The van der Waals surface area contributed by atoms with E-state index in [0.29, 0.717) is 0 Å². The van der Waals surface area contributed by atoms with Crippen molar-refractivity contribution in [2.24, 2.45) is 0 Å². The second kappa shape index (κ2) is 6.36. The molecule has 0 spiro atoms. The molecule has 0 radical (unpaired) electrons. The normalized spacial score (nSPS) is 11.8. The van der Waals surface area contributed by atoms with Gasteiger partial charge in [0.1, 0.15) is 0 Å². The lowest BCUT2D eigenvalue weighted by Gasteiger charge is -2.20. The molecular formula is C15H22N2O. The Hall–Kier alpha value is -1.61. The summed E-state index contributed by atoms with van der Waals surface area (Å²) in [5, 5.41) is 0. The number of ketones is 1. The second-order valence-corrected chi connectivity index (χ2v) is 5.00. The van der Waals surface area contributed by atoms with Crippen LogP contribution in [-0.4, -0.2) is 50.3 Å². The maximum atomic E-state index is 12.1. The van der Waals surface area contributed by atoms with Gasteiger partial charge in [0.05, 0.1) is 0 Å². The first kappa shape index (κ1) is 14.5. The van der Waals surface area contributed by atoms with Gasteiger partial charge in [0, 0.05) is 38.0 Å². The number of carbonyl (C=O) groups is 1. The number of aryl methyl sites for hydroxylation is 1. The van der Waals surface area contributed by atoms with Gasteiger partial charge in [0.15, 0.2) is 5.78 Å². The van der Waals surface area contributed by atoms with E-state index >= 15 is 0 Å². The maximum absolute atomic E-state index is 12.1. The van der Waals surface area contributed by atoms with E-state index in [4.69, 9.17) is 0 Å². The Morgan fingerprint density at radius 3 is 2.11 bits per heavy atom. The zero-order valence-corrected chi connectivity index (χ0v) is 11.9. The number of carbonyl (C=O) groups excluding carboxylic acids is 1. The van der Waals surface area contributed by atoms with E-state index in [1.807, 2.05) is 69.2 Å². The summed E-state index contributed by atoms with van der Waals surface area (Å²) in [6, 6.07) is 7.67. The topological polar surface area (TPSA) is 23.6 Å². The van der Waals surface area contributed by atoms with Crippen LogP contribution in [0, 0.1) is 6.92 Å². The quantitative estimate of drug-likeness (QED) is 0.588. The van der Waals surface area contributed by atoms with Crippen molar-refractivity contribution in [2.45, 2.75) is 6.92 Å². The number of allylic oxidation sites excluding steroid dienone is 1. The molecule has 0 heterocycles. The highest BCUT2D eigenvalue weighted by molar-refractivity contribution is 6.04. The molecule has 0 aromatic heterocycles. The Bertz CT molecular complexity index is 430. The fourth-order valence-corrected chi connectivity index (χ4v) is 1.59. The van der Waals surface area contributed by atoms with Crippen molar-refractivity contribution in [3.63, 3.8) is 0 Å². The lowest BCUT2D eigenvalue weighted by molar-refractivity contribution is 0.104. The standard InChI is InChI=1S/C15H22N2O/c1-12-6-8-13(9-7-12)15(18)10-14(17(4)5)11-16(2)3/h6-10H,11H2,1-5H3/b14-10+. The molecule has 1 aromatic rings. The molecule has 0 amide bonds. The molecule has 0 aliphatic rings. The molecule has 1 rings (SSSR count). The van der Waals surface area contributed by atoms with Gasteiger partial charge in [-0.2, -0.15) is 0 Å². The molecule has 3 heteroatoms. The average Bonchev–Trinajstić information content (AvgIpc) is 2.28. The minimum Gasteiger partial charge on any atom is -0.380 e. The molecule has 0 unspecified atom stereocenters. The fraction of sp³-hybridized carbons (Fsp3) is 0.400. The van der Waals surface area contributed by atoms with Crippen molar-refractivity contribution in [3.8, 4) is 0 Å². The van der Waals surface area contributed by atoms with Crippen LogP contribution in [0.1, 0.15) is 15.9 Å². The van der Waals surface area contributed by atoms with Crippen LogP contribution in [0.4, 0.5) is 0 Å². The van der Waals surface area contributed by atoms with Gasteiger partial charge in [-0.3, -0.25) is 4.79 Å². The van der Waals surface area contributed by atoms with Crippen LogP contribution >= 0.6 is 0 Å². The third kappa shape index (κ3) is 4.34. The highest BCUT2D eigenvalue weighted by Gasteiger charge is 2.07. The van der Waals surface area contributed by atoms with Gasteiger partial charge in [-0.1, -0.05) is 29.8 Å². The van der Waals surface area contributed by atoms with Crippen molar-refractivity contribution in [3.05, 3.63) is 47.2 Å². The van der Waals surface area contributed by atoms with Gasteiger partial charge in [-0.05, 0) is 21.0 Å². The van der Waals surface area contributed by atoms with Crippen LogP contribution in [0.25, 0.3) is 0 Å². The molecule has 0 N–H and O–H groups in total. The highest BCUT2D eigenvalue weighted by atomic mass is 16.1. The van der Waals surface area contributed by atoms with E-state index in [1.165, 1.54) is 0 Å². The van der Waals surface area contributed by atoms with Crippen molar-refractivity contribution in [2.75, 3.05) is 34.7 Å². The molecule has 0 aliphatic carbocycles. The minimum absolute atomic E-state index is 0.0561. The first-order valence-electron chi connectivity index (χ1n) is 6.04. The van der Waals surface area contributed by atoms with E-state index in [-0.39, 0.29) is 5.78 Å². The Kier molecular flexibility index (Phi) is 5.10. The van der Waals surface area contributed by atoms with E-state index in [1.54, 1.807) is 6.08 Å². The molecule has 1 aromatic carbocycles. The number of hydrogen-bond acceptors (Lipinski definition) is 3. The van der Waals surface area contributed by atoms with Gasteiger partial charge >= 0.3 is 0 Å². The van der Waals surface area contributed by atoms with Crippen LogP contribution in [0.3, 0.4) is 0 Å². The fourth-order valence-electron chi connectivity index (χ4n) is 1.59. The van der Waals surface area contributed by atoms with Crippen molar-refractivity contribution >= 4 is 5.78 Å². The lowest BCUT2D eigenvalue weighted by atomic mass is 10.1. The molecule has 0 aliphatic heterocycles. The zero-order valence-electron chi connectivity index (χ0n) is 11.9. The minimum atomic E-state index is 0.0561. The van der Waals surface area contributed by atoms with E-state index < -0.39 is 0 Å². The van der Waals surface area contributed by atoms with Gasteiger partial charge in [0.25, 0.3) is 0 Å². The number of rotatable bonds is 5. The summed E-state index contributed by atoms with van der Waals surface area (Å²) in [5.74, 6) is 0.0561. The SMILES string of the molecule is Cc1ccc(C(=O)/C=C(\CN(C)C)N(C)C)cc1. The molecule has 0 bridgehead atoms. The summed E-state index contributed by atoms with van der Waals surface area (Å²) in [6.07, 6.45) is 1.71. The first-order valence-corrected chi connectivity index (χ1v) is 6.04. The molecule has 98 valence electrons. The molecule has 0 saturated heterocycles. The van der Waals surface area contributed by atoms with Crippen LogP contribution in [0.5, 0.6) is 0 Å². The van der Waals surface area contributed by atoms with Gasteiger partial charge < -0.3 is 9.80 Å². The van der Waals surface area contributed by atoms with Gasteiger partial charge in [-0.25, -0.2) is 0 Å². The van der Waals surface area contributed by atoms with E-state index in [9.17, 15) is 4.79 Å². The molecule has 0 atom stereocenters. The summed E-state index contributed by atoms with van der Waals surface area (Å²) in [6.45, 7) is 2.77. The first-order chi connectivity index (χ1) is 8.40. The summed E-state index contributed by atoms with van der Waals surface area (Å²) >= 11 is 0. The Morgan fingerprint density at radius 1 is 1.11 bits per heavy atom. The molecule has 18 heavy (non-hydrogen) atoms. The monoisotopic (exact) mass is 246 g/mol. The number of benzene rings is 1. The van der Waals surface area contributed by atoms with Gasteiger partial charge in [-0.15, -0.1) is 0 Å². The van der Waals surface area contributed by atoms with Crippen molar-refractivity contribution in [1.82, 2.24) is 9.80 Å². The molecule has 0 fully saturated rings. The number of likely N-dealkylation sites (N-methyl/N-ethyl adjacent to an activating group) is 2. The Morgan fingerprint density at radius 2 is 1.67 bits per heavy atom. The van der Waals surface area contributed by atoms with Crippen molar-refractivity contribution in [1.29, 1.82) is 0 Å².